The van der Waals surface area contributed by atoms with Crippen LogP contribution >= 0.6 is 23.8 Å². The summed E-state index contributed by atoms with van der Waals surface area (Å²) in [6.07, 6.45) is 1.80. The molecule has 3 aromatic carbocycles. The summed E-state index contributed by atoms with van der Waals surface area (Å²) in [5, 5.41) is 9.65. The molecule has 6 heteroatoms. The number of anilines is 2. The van der Waals surface area contributed by atoms with Gasteiger partial charge in [0, 0.05) is 28.5 Å². The van der Waals surface area contributed by atoms with Crippen molar-refractivity contribution in [1.82, 2.24) is 4.98 Å². The van der Waals surface area contributed by atoms with Crippen LogP contribution in [-0.2, 0) is 0 Å². The van der Waals surface area contributed by atoms with Gasteiger partial charge in [0.2, 0.25) is 0 Å². The molecule has 0 radical (unpaired) electrons. The van der Waals surface area contributed by atoms with Crippen LogP contribution < -0.4 is 15.4 Å². The number of methoxy groups -OCH3 is 1. The van der Waals surface area contributed by atoms with Gasteiger partial charge in [0.25, 0.3) is 0 Å². The second-order valence-electron chi connectivity index (χ2n) is 6.38. The minimum atomic E-state index is 0.481. The van der Waals surface area contributed by atoms with Gasteiger partial charge in [0.1, 0.15) is 5.75 Å². The number of nitrogens with zero attached hydrogens (tertiary/aromatic N) is 1. The summed E-state index contributed by atoms with van der Waals surface area (Å²) in [7, 11) is 1.64. The normalized spacial score (nSPS) is 10.6. The van der Waals surface area contributed by atoms with E-state index in [1.807, 2.05) is 66.7 Å². The van der Waals surface area contributed by atoms with Gasteiger partial charge in [0.15, 0.2) is 5.11 Å². The third-order valence-electron chi connectivity index (χ3n) is 4.50. The Morgan fingerprint density at radius 2 is 1.66 bits per heavy atom. The number of hydrogen-bond donors (Lipinski definition) is 2. The number of pyridine rings is 1. The van der Waals surface area contributed by atoms with Crippen LogP contribution in [0.25, 0.3) is 22.0 Å². The number of ether oxygens (including phenoxy) is 1. The quantitative estimate of drug-likeness (QED) is 0.376. The van der Waals surface area contributed by atoms with Crippen molar-refractivity contribution in [2.45, 2.75) is 0 Å². The van der Waals surface area contributed by atoms with Gasteiger partial charge in [-0.25, -0.2) is 0 Å². The highest BCUT2D eigenvalue weighted by Crippen LogP contribution is 2.33. The first kappa shape index (κ1) is 19.2. The summed E-state index contributed by atoms with van der Waals surface area (Å²) in [5.74, 6) is 0.791. The number of fused-ring (bicyclic) bond motifs is 1. The second-order valence-corrected chi connectivity index (χ2v) is 7.20. The standard InChI is InChI=1S/C23H18ClN3OS/c1-28-18-9-6-16(7-10-18)26-23(29)27-17-8-11-21(24)20(14-17)22-19-5-3-2-4-15(19)12-13-25-22/h2-14H,1H3,(H2,26,27,29). The number of rotatable bonds is 4. The summed E-state index contributed by atoms with van der Waals surface area (Å²) >= 11 is 11.9. The van der Waals surface area contributed by atoms with E-state index in [-0.39, 0.29) is 0 Å². The average Bonchev–Trinajstić information content (AvgIpc) is 2.75. The molecular formula is C23H18ClN3OS. The molecule has 29 heavy (non-hydrogen) atoms. The molecule has 144 valence electrons. The van der Waals surface area contributed by atoms with E-state index in [2.05, 4.69) is 21.7 Å². The molecule has 4 rings (SSSR count). The van der Waals surface area contributed by atoms with Crippen molar-refractivity contribution in [2.75, 3.05) is 17.7 Å². The summed E-state index contributed by atoms with van der Waals surface area (Å²) in [6, 6.07) is 23.3. The van der Waals surface area contributed by atoms with Gasteiger partial charge in [0.05, 0.1) is 17.8 Å². The molecule has 1 heterocycles. The number of hydrogen-bond acceptors (Lipinski definition) is 3. The smallest absolute Gasteiger partial charge is 0.175 e. The molecular weight excluding hydrogens is 402 g/mol. The van der Waals surface area contributed by atoms with Crippen LogP contribution in [0.15, 0.2) is 79.0 Å². The van der Waals surface area contributed by atoms with Crippen molar-refractivity contribution in [3.63, 3.8) is 0 Å². The van der Waals surface area contributed by atoms with E-state index in [0.717, 1.165) is 39.2 Å². The molecule has 0 spiro atoms. The van der Waals surface area contributed by atoms with Crippen LogP contribution in [0.1, 0.15) is 0 Å². The van der Waals surface area contributed by atoms with E-state index in [9.17, 15) is 0 Å². The Kier molecular flexibility index (Phi) is 5.60. The topological polar surface area (TPSA) is 46.2 Å². The van der Waals surface area contributed by atoms with Gasteiger partial charge in [-0.3, -0.25) is 4.98 Å². The molecule has 0 aliphatic carbocycles. The maximum atomic E-state index is 6.50. The van der Waals surface area contributed by atoms with Crippen molar-refractivity contribution in [2.24, 2.45) is 0 Å². The second kappa shape index (κ2) is 8.47. The van der Waals surface area contributed by atoms with Crippen molar-refractivity contribution in [3.05, 3.63) is 84.0 Å². The Morgan fingerprint density at radius 1 is 0.931 bits per heavy atom. The Labute approximate surface area is 179 Å². The van der Waals surface area contributed by atoms with E-state index in [0.29, 0.717) is 10.1 Å². The molecule has 4 aromatic rings. The lowest BCUT2D eigenvalue weighted by molar-refractivity contribution is 0.415. The molecule has 0 saturated carbocycles. The fraction of sp³-hybridized carbons (Fsp3) is 0.0435. The van der Waals surface area contributed by atoms with Gasteiger partial charge in [-0.1, -0.05) is 35.9 Å². The molecule has 0 atom stereocenters. The molecule has 4 nitrogen and oxygen atoms in total. The minimum absolute atomic E-state index is 0.481. The van der Waals surface area contributed by atoms with E-state index in [1.54, 1.807) is 13.3 Å². The summed E-state index contributed by atoms with van der Waals surface area (Å²) in [6.45, 7) is 0. The zero-order chi connectivity index (χ0) is 20.2. The molecule has 0 amide bonds. The third-order valence-corrected chi connectivity index (χ3v) is 5.03. The Balaban J connectivity index is 1.59. The van der Waals surface area contributed by atoms with Gasteiger partial charge in [-0.05, 0) is 66.1 Å². The molecule has 0 unspecified atom stereocenters. The number of thiocarbonyl (C=S) groups is 1. The van der Waals surface area contributed by atoms with E-state index < -0.39 is 0 Å². The van der Waals surface area contributed by atoms with Gasteiger partial charge in [-0.2, -0.15) is 0 Å². The summed E-state index contributed by atoms with van der Waals surface area (Å²) in [5.41, 5.74) is 3.38. The first-order valence-corrected chi connectivity index (χ1v) is 9.78. The summed E-state index contributed by atoms with van der Waals surface area (Å²) in [4.78, 5) is 4.57. The highest BCUT2D eigenvalue weighted by atomic mass is 35.5. The van der Waals surface area contributed by atoms with Crippen molar-refractivity contribution in [1.29, 1.82) is 0 Å². The maximum Gasteiger partial charge on any atom is 0.175 e. The first-order chi connectivity index (χ1) is 14.1. The fourth-order valence-electron chi connectivity index (χ4n) is 3.09. The zero-order valence-electron chi connectivity index (χ0n) is 15.6. The fourth-order valence-corrected chi connectivity index (χ4v) is 3.53. The van der Waals surface area contributed by atoms with Crippen LogP contribution in [0.3, 0.4) is 0 Å². The largest absolute Gasteiger partial charge is 0.497 e. The number of halogens is 1. The lowest BCUT2D eigenvalue weighted by atomic mass is 10.0. The first-order valence-electron chi connectivity index (χ1n) is 9.00. The monoisotopic (exact) mass is 419 g/mol. The molecule has 0 bridgehead atoms. The van der Waals surface area contributed by atoms with Crippen molar-refractivity contribution in [3.8, 4) is 17.0 Å². The molecule has 1 aromatic heterocycles. The Hall–Kier alpha value is -3.15. The van der Waals surface area contributed by atoms with Crippen LogP contribution in [0.2, 0.25) is 5.02 Å². The van der Waals surface area contributed by atoms with Crippen LogP contribution in [0.4, 0.5) is 11.4 Å². The lowest BCUT2D eigenvalue weighted by Crippen LogP contribution is -2.19. The maximum absolute atomic E-state index is 6.50. The highest BCUT2D eigenvalue weighted by molar-refractivity contribution is 7.80. The van der Waals surface area contributed by atoms with Crippen molar-refractivity contribution < 1.29 is 4.74 Å². The van der Waals surface area contributed by atoms with Gasteiger partial charge >= 0.3 is 0 Å². The molecule has 2 N–H and O–H groups in total. The van der Waals surface area contributed by atoms with Crippen LogP contribution in [0.5, 0.6) is 5.75 Å². The highest BCUT2D eigenvalue weighted by Gasteiger charge is 2.11. The van der Waals surface area contributed by atoms with Gasteiger partial charge in [-0.15, -0.1) is 0 Å². The third kappa shape index (κ3) is 4.31. The number of nitrogens with one attached hydrogen (secondary N) is 2. The Bertz CT molecular complexity index is 1170. The SMILES string of the molecule is COc1ccc(NC(=S)Nc2ccc(Cl)c(-c3nccc4ccccc34)c2)cc1. The molecule has 0 saturated heterocycles. The van der Waals surface area contributed by atoms with Gasteiger partial charge < -0.3 is 15.4 Å². The predicted octanol–water partition coefficient (Wildman–Crippen LogP) is 6.37. The average molecular weight is 420 g/mol. The van der Waals surface area contributed by atoms with Crippen LogP contribution in [-0.4, -0.2) is 17.2 Å². The number of aromatic nitrogens is 1. The molecule has 0 fully saturated rings. The van der Waals surface area contributed by atoms with Crippen molar-refractivity contribution >= 4 is 51.1 Å². The molecule has 0 aliphatic rings. The minimum Gasteiger partial charge on any atom is -0.497 e. The summed E-state index contributed by atoms with van der Waals surface area (Å²) < 4.78 is 5.17. The lowest BCUT2D eigenvalue weighted by Gasteiger charge is -2.13. The van der Waals surface area contributed by atoms with E-state index >= 15 is 0 Å². The van der Waals surface area contributed by atoms with E-state index in [1.165, 1.54) is 0 Å². The van der Waals surface area contributed by atoms with E-state index in [4.69, 9.17) is 28.6 Å². The molecule has 0 aliphatic heterocycles. The van der Waals surface area contributed by atoms with Crippen LogP contribution in [0, 0.1) is 0 Å². The predicted molar refractivity (Wildman–Crippen MR) is 125 cm³/mol. The Morgan fingerprint density at radius 3 is 2.45 bits per heavy atom. The number of benzene rings is 3. The zero-order valence-corrected chi connectivity index (χ0v) is 17.2.